The summed E-state index contributed by atoms with van der Waals surface area (Å²) in [6.45, 7) is 3.34. The normalized spacial score (nSPS) is 32.5. The average molecular weight is 565 g/mol. The van der Waals surface area contributed by atoms with Gasteiger partial charge in [-0.25, -0.2) is 4.79 Å². The van der Waals surface area contributed by atoms with Gasteiger partial charge in [-0.3, -0.25) is 4.79 Å². The van der Waals surface area contributed by atoms with E-state index in [2.05, 4.69) is 0 Å². The van der Waals surface area contributed by atoms with Crippen molar-refractivity contribution in [3.05, 3.63) is 64.3 Å². The van der Waals surface area contributed by atoms with Crippen LogP contribution in [0.5, 0.6) is 0 Å². The first kappa shape index (κ1) is 28.7. The fourth-order valence-corrected chi connectivity index (χ4v) is 7.91. The Kier molecular flexibility index (Phi) is 7.12. The molecule has 2 saturated carbocycles. The average Bonchev–Trinajstić information content (AvgIpc) is 3.18. The van der Waals surface area contributed by atoms with Gasteiger partial charge in [0.25, 0.3) is 0 Å². The van der Waals surface area contributed by atoms with Crippen LogP contribution in [0.25, 0.3) is 6.08 Å². The second kappa shape index (κ2) is 9.93. The van der Waals surface area contributed by atoms with Crippen LogP contribution >= 0.6 is 0 Å². The Hall–Kier alpha value is -2.81. The van der Waals surface area contributed by atoms with Crippen molar-refractivity contribution in [2.24, 2.45) is 17.3 Å². The molecule has 4 nitrogen and oxygen atoms in total. The molecule has 5 rings (SSSR count). The minimum atomic E-state index is -5.88. The number of aliphatic hydroxyl groups is 1. The molecule has 0 aliphatic heterocycles. The van der Waals surface area contributed by atoms with Crippen molar-refractivity contribution < 1.29 is 41.4 Å². The molecule has 1 aromatic carbocycles. The summed E-state index contributed by atoms with van der Waals surface area (Å²) in [5.74, 6) is -7.05. The van der Waals surface area contributed by atoms with E-state index in [1.807, 2.05) is 0 Å². The van der Waals surface area contributed by atoms with Crippen molar-refractivity contribution in [3.8, 4) is 0 Å². The number of carbonyl (C=O) groups excluding carboxylic acids is 2. The molecule has 216 valence electrons. The van der Waals surface area contributed by atoms with Crippen LogP contribution < -0.4 is 0 Å². The number of rotatable bonds is 5. The number of hydrogen-bond acceptors (Lipinski definition) is 4. The molecular weight excluding hydrogens is 531 g/mol. The van der Waals surface area contributed by atoms with Gasteiger partial charge in [-0.15, -0.1) is 0 Å². The summed E-state index contributed by atoms with van der Waals surface area (Å²) in [5, 5.41) is 11.3. The van der Waals surface area contributed by atoms with Crippen molar-refractivity contribution >= 4 is 17.8 Å². The zero-order valence-corrected chi connectivity index (χ0v) is 22.5. The predicted molar refractivity (Wildman–Crippen MR) is 138 cm³/mol. The number of fused-ring (bicyclic) bond motifs is 4. The van der Waals surface area contributed by atoms with Crippen molar-refractivity contribution in [1.82, 2.24) is 0 Å². The lowest BCUT2D eigenvalue weighted by Crippen LogP contribution is -2.65. The summed E-state index contributed by atoms with van der Waals surface area (Å²) in [5.41, 5.74) is -0.534. The van der Waals surface area contributed by atoms with E-state index in [1.54, 1.807) is 43.3 Å². The molecule has 4 aliphatic carbocycles. The largest absolute Gasteiger partial charge is 0.463 e. The van der Waals surface area contributed by atoms with Crippen LogP contribution in [0, 0.1) is 17.3 Å². The summed E-state index contributed by atoms with van der Waals surface area (Å²) in [6.07, 6.45) is -0.0623. The lowest BCUT2D eigenvalue weighted by Gasteiger charge is -2.56. The number of hydrogen-bond donors (Lipinski definition) is 1. The Morgan fingerprint density at radius 3 is 2.45 bits per heavy atom. The number of carbonyl (C=O) groups is 2. The van der Waals surface area contributed by atoms with Crippen LogP contribution in [0.2, 0.25) is 0 Å². The summed E-state index contributed by atoms with van der Waals surface area (Å²) in [4.78, 5) is 23.9. The minimum Gasteiger partial charge on any atom is -0.463 e. The summed E-state index contributed by atoms with van der Waals surface area (Å²) in [7, 11) is 0. The van der Waals surface area contributed by atoms with Gasteiger partial charge in [0.15, 0.2) is 5.78 Å². The monoisotopic (exact) mass is 564 g/mol. The molecule has 4 aliphatic rings. The van der Waals surface area contributed by atoms with Crippen molar-refractivity contribution in [1.29, 1.82) is 0 Å². The molecule has 0 amide bonds. The maximum atomic E-state index is 15.1. The molecular formula is C31H33F5O4. The Labute approximate surface area is 230 Å². The first-order valence-electron chi connectivity index (χ1n) is 13.8. The zero-order chi connectivity index (χ0) is 29.1. The number of alkyl halides is 5. The molecule has 0 aromatic heterocycles. The van der Waals surface area contributed by atoms with Gasteiger partial charge in [0.2, 0.25) is 0 Å². The number of ether oxygens (including phenoxy) is 1. The quantitative estimate of drug-likeness (QED) is 0.236. The smallest absolute Gasteiger partial charge is 0.456 e. The topological polar surface area (TPSA) is 63.6 Å². The van der Waals surface area contributed by atoms with Crippen LogP contribution in [0.4, 0.5) is 22.0 Å². The van der Waals surface area contributed by atoms with Gasteiger partial charge in [0, 0.05) is 23.8 Å². The fourth-order valence-electron chi connectivity index (χ4n) is 7.91. The Bertz CT molecular complexity index is 1290. The number of esters is 1. The Morgan fingerprint density at radius 2 is 1.80 bits per heavy atom. The lowest BCUT2D eigenvalue weighted by atomic mass is 9.50. The second-order valence-corrected chi connectivity index (χ2v) is 11.7. The maximum absolute atomic E-state index is 15.1. The van der Waals surface area contributed by atoms with Crippen molar-refractivity contribution in [2.45, 2.75) is 82.4 Å². The first-order chi connectivity index (χ1) is 18.7. The molecule has 0 saturated heterocycles. The van der Waals surface area contributed by atoms with E-state index < -0.39 is 47.3 Å². The third-order valence-corrected chi connectivity index (χ3v) is 9.80. The van der Waals surface area contributed by atoms with E-state index in [1.165, 1.54) is 13.0 Å². The molecule has 5 atom stereocenters. The number of ketones is 1. The number of halogens is 5. The lowest BCUT2D eigenvalue weighted by molar-refractivity contribution is -0.362. The van der Waals surface area contributed by atoms with Gasteiger partial charge in [-0.05, 0) is 91.7 Å². The Morgan fingerprint density at radius 1 is 1.10 bits per heavy atom. The van der Waals surface area contributed by atoms with Crippen molar-refractivity contribution in [3.63, 3.8) is 0 Å². The van der Waals surface area contributed by atoms with E-state index in [4.69, 9.17) is 4.74 Å². The molecule has 2 unspecified atom stereocenters. The van der Waals surface area contributed by atoms with Gasteiger partial charge in [-0.2, -0.15) is 22.0 Å². The third-order valence-electron chi connectivity index (χ3n) is 9.80. The van der Waals surface area contributed by atoms with Gasteiger partial charge in [-0.1, -0.05) is 36.8 Å². The molecule has 0 heterocycles. The highest BCUT2D eigenvalue weighted by atomic mass is 19.4. The van der Waals surface area contributed by atoms with E-state index in [-0.39, 0.29) is 31.1 Å². The van der Waals surface area contributed by atoms with E-state index in [0.717, 1.165) is 22.3 Å². The van der Waals surface area contributed by atoms with E-state index >= 15 is 8.78 Å². The minimum absolute atomic E-state index is 0.0350. The highest BCUT2D eigenvalue weighted by Gasteiger charge is 2.79. The highest BCUT2D eigenvalue weighted by Crippen LogP contribution is 2.70. The van der Waals surface area contributed by atoms with Gasteiger partial charge >= 0.3 is 18.1 Å². The second-order valence-electron chi connectivity index (χ2n) is 11.7. The summed E-state index contributed by atoms with van der Waals surface area (Å²) >= 11 is 0. The van der Waals surface area contributed by atoms with Gasteiger partial charge in [0.1, 0.15) is 5.60 Å². The fraction of sp³-hybridized carbons (Fsp3) is 0.548. The van der Waals surface area contributed by atoms with Crippen LogP contribution in [-0.2, 0) is 14.3 Å². The molecule has 1 aromatic rings. The zero-order valence-electron chi connectivity index (χ0n) is 22.5. The molecule has 2 fully saturated rings. The highest BCUT2D eigenvalue weighted by molar-refractivity contribution is 5.93. The van der Waals surface area contributed by atoms with Crippen LogP contribution in [-0.4, -0.2) is 41.2 Å². The maximum Gasteiger partial charge on any atom is 0.456 e. The molecule has 0 spiro atoms. The molecule has 9 heteroatoms. The Balaban J connectivity index is 1.60. The predicted octanol–water partition coefficient (Wildman–Crippen LogP) is 7.09. The third kappa shape index (κ3) is 4.35. The summed E-state index contributed by atoms with van der Waals surface area (Å²) < 4.78 is 76.1. The molecule has 0 bridgehead atoms. The van der Waals surface area contributed by atoms with Crippen LogP contribution in [0.15, 0.2) is 53.1 Å². The molecule has 40 heavy (non-hydrogen) atoms. The number of allylic oxidation sites excluding steroid dienone is 4. The summed E-state index contributed by atoms with van der Waals surface area (Å²) in [6, 6.07) is 7.11. The van der Waals surface area contributed by atoms with E-state index in [0.29, 0.717) is 31.2 Å². The molecule has 1 N–H and O–H groups in total. The standard InChI is InChI=1S/C31H33F5O4/c1-3-40-26(38)13-6-18-4-7-19(8-5-18)24-17-28(2)25(14-15-29(28,39)30(32,33)31(34,35)36)23-11-9-20-16-21(37)10-12-22(20)27(23)24/h4-8,13,16,23-25,39H,3,9-12,14-15,17H2,1-2H3/b13-6+/t23?,24-,25?,28+,29+/m1/s1. The van der Waals surface area contributed by atoms with Crippen LogP contribution in [0.1, 0.15) is 75.8 Å². The first-order valence-corrected chi connectivity index (χ1v) is 13.8. The van der Waals surface area contributed by atoms with Crippen molar-refractivity contribution in [2.75, 3.05) is 6.61 Å². The number of benzene rings is 1. The van der Waals surface area contributed by atoms with Crippen LogP contribution in [0.3, 0.4) is 0 Å². The SMILES string of the molecule is CCOC(=O)/C=C/c1ccc([C@H]2C[C@@]3(C)C(CC[C@@]3(O)C(F)(F)C(F)(F)F)C3CCC4=CC(=O)CCC4=C32)cc1. The van der Waals surface area contributed by atoms with E-state index in [9.17, 15) is 27.9 Å². The molecule has 0 radical (unpaired) electrons. The van der Waals surface area contributed by atoms with Gasteiger partial charge in [0.05, 0.1) is 6.61 Å². The van der Waals surface area contributed by atoms with Gasteiger partial charge < -0.3 is 9.84 Å².